The third kappa shape index (κ3) is 4.30. The minimum Gasteiger partial charge on any atom is -0.449 e. The van der Waals surface area contributed by atoms with Gasteiger partial charge >= 0.3 is 5.97 Å². The molecule has 0 bridgehead atoms. The Labute approximate surface area is 142 Å². The van der Waals surface area contributed by atoms with Gasteiger partial charge in [-0.2, -0.15) is 0 Å². The van der Waals surface area contributed by atoms with E-state index >= 15 is 0 Å². The Morgan fingerprint density at radius 1 is 1.17 bits per heavy atom. The standard InChI is InChI=1S/C16H13ClN2O5/c1-10(24-16(21)11-6-8-12(17)9-7-11)15(20)18-13-4-2-3-5-14(13)19(22)23/h2-10H,1H3,(H,18,20)/t10-/m1/s1. The average Bonchev–Trinajstić information content (AvgIpc) is 2.55. The van der Waals surface area contributed by atoms with Crippen LogP contribution in [-0.4, -0.2) is 22.9 Å². The van der Waals surface area contributed by atoms with Crippen LogP contribution in [0.3, 0.4) is 0 Å². The molecule has 0 fully saturated rings. The van der Waals surface area contributed by atoms with Gasteiger partial charge in [0.25, 0.3) is 11.6 Å². The van der Waals surface area contributed by atoms with Crippen molar-refractivity contribution in [1.82, 2.24) is 0 Å². The molecule has 8 heteroatoms. The number of ether oxygens (including phenoxy) is 1. The zero-order chi connectivity index (χ0) is 17.7. The summed E-state index contributed by atoms with van der Waals surface area (Å²) in [5.41, 5.74) is 0.0220. The lowest BCUT2D eigenvalue weighted by atomic mass is 10.2. The zero-order valence-electron chi connectivity index (χ0n) is 12.6. The topological polar surface area (TPSA) is 98.5 Å². The molecule has 1 N–H and O–H groups in total. The van der Waals surface area contributed by atoms with Gasteiger partial charge in [-0.15, -0.1) is 0 Å². The Balaban J connectivity index is 2.04. The molecule has 2 aromatic carbocycles. The Morgan fingerprint density at radius 2 is 1.79 bits per heavy atom. The highest BCUT2D eigenvalue weighted by Crippen LogP contribution is 2.23. The van der Waals surface area contributed by atoms with Crippen molar-refractivity contribution in [3.05, 3.63) is 69.2 Å². The van der Waals surface area contributed by atoms with Crippen LogP contribution >= 0.6 is 11.6 Å². The van der Waals surface area contributed by atoms with Crippen LogP contribution in [0.4, 0.5) is 11.4 Å². The van der Waals surface area contributed by atoms with Gasteiger partial charge in [0.05, 0.1) is 10.5 Å². The largest absolute Gasteiger partial charge is 0.449 e. The number of rotatable bonds is 5. The Morgan fingerprint density at radius 3 is 2.42 bits per heavy atom. The molecule has 0 heterocycles. The summed E-state index contributed by atoms with van der Waals surface area (Å²) < 4.78 is 5.05. The predicted octanol–water partition coefficient (Wildman–Crippen LogP) is 3.43. The van der Waals surface area contributed by atoms with Crippen LogP contribution in [-0.2, 0) is 9.53 Å². The maximum atomic E-state index is 12.1. The number of esters is 1. The minimum absolute atomic E-state index is 0.0295. The van der Waals surface area contributed by atoms with Crippen LogP contribution in [0.2, 0.25) is 5.02 Å². The molecule has 1 amide bonds. The van der Waals surface area contributed by atoms with Gasteiger partial charge in [-0.3, -0.25) is 14.9 Å². The number of anilines is 1. The molecular weight excluding hydrogens is 336 g/mol. The first-order chi connectivity index (χ1) is 11.4. The van der Waals surface area contributed by atoms with E-state index < -0.39 is 22.9 Å². The Hall–Kier alpha value is -2.93. The normalized spacial score (nSPS) is 11.4. The van der Waals surface area contributed by atoms with Crippen molar-refractivity contribution >= 4 is 34.9 Å². The summed E-state index contributed by atoms with van der Waals surface area (Å²) in [5, 5.41) is 13.8. The summed E-state index contributed by atoms with van der Waals surface area (Å²) in [6.45, 7) is 1.37. The van der Waals surface area contributed by atoms with E-state index in [-0.39, 0.29) is 16.9 Å². The summed E-state index contributed by atoms with van der Waals surface area (Å²) >= 11 is 5.73. The minimum atomic E-state index is -1.13. The SMILES string of the molecule is C[C@@H](OC(=O)c1ccc(Cl)cc1)C(=O)Nc1ccccc1[N+](=O)[O-]. The maximum Gasteiger partial charge on any atom is 0.338 e. The first-order valence-electron chi connectivity index (χ1n) is 6.89. The smallest absolute Gasteiger partial charge is 0.338 e. The second kappa shape index (κ2) is 7.56. The molecule has 0 aromatic heterocycles. The molecule has 0 saturated carbocycles. The second-order valence-corrected chi connectivity index (χ2v) is 5.25. The molecule has 0 spiro atoms. The number of hydrogen-bond donors (Lipinski definition) is 1. The van der Waals surface area contributed by atoms with Crippen molar-refractivity contribution in [3.63, 3.8) is 0 Å². The molecule has 0 aliphatic heterocycles. The fourth-order valence-electron chi connectivity index (χ4n) is 1.84. The van der Waals surface area contributed by atoms with Crippen molar-refractivity contribution in [2.24, 2.45) is 0 Å². The summed E-state index contributed by atoms with van der Waals surface area (Å²) in [6.07, 6.45) is -1.13. The lowest BCUT2D eigenvalue weighted by molar-refractivity contribution is -0.383. The first-order valence-corrected chi connectivity index (χ1v) is 7.27. The number of benzene rings is 2. The van der Waals surface area contributed by atoms with Gasteiger partial charge in [-0.05, 0) is 37.3 Å². The predicted molar refractivity (Wildman–Crippen MR) is 88.1 cm³/mol. The van der Waals surface area contributed by atoms with Crippen LogP contribution < -0.4 is 5.32 Å². The van der Waals surface area contributed by atoms with Gasteiger partial charge in [0.15, 0.2) is 6.10 Å². The van der Waals surface area contributed by atoms with Crippen LogP contribution in [0.15, 0.2) is 48.5 Å². The first kappa shape index (κ1) is 17.4. The molecule has 0 aliphatic carbocycles. The summed E-state index contributed by atoms with van der Waals surface area (Å²) in [5.74, 6) is -1.37. The van der Waals surface area contributed by atoms with Crippen molar-refractivity contribution in [2.75, 3.05) is 5.32 Å². The summed E-state index contributed by atoms with van der Waals surface area (Å²) in [7, 11) is 0. The van der Waals surface area contributed by atoms with Crippen LogP contribution in [0.1, 0.15) is 17.3 Å². The number of carbonyl (C=O) groups is 2. The summed E-state index contributed by atoms with van der Waals surface area (Å²) in [4.78, 5) is 34.3. The number of halogens is 1. The van der Waals surface area contributed by atoms with E-state index in [4.69, 9.17) is 16.3 Å². The second-order valence-electron chi connectivity index (χ2n) is 4.82. The molecule has 2 aromatic rings. The number of nitrogens with one attached hydrogen (secondary N) is 1. The van der Waals surface area contributed by atoms with Crippen molar-refractivity contribution in [3.8, 4) is 0 Å². The van der Waals surface area contributed by atoms with Gasteiger partial charge in [0.1, 0.15) is 5.69 Å². The molecular formula is C16H13ClN2O5. The van der Waals surface area contributed by atoms with Crippen molar-refractivity contribution in [1.29, 1.82) is 0 Å². The Kier molecular flexibility index (Phi) is 5.49. The van der Waals surface area contributed by atoms with Gasteiger partial charge in [-0.1, -0.05) is 23.7 Å². The molecule has 7 nitrogen and oxygen atoms in total. The van der Waals surface area contributed by atoms with Crippen LogP contribution in [0, 0.1) is 10.1 Å². The number of nitrogens with zero attached hydrogens (tertiary/aromatic N) is 1. The van der Waals surface area contributed by atoms with E-state index in [0.717, 1.165) is 0 Å². The fourth-order valence-corrected chi connectivity index (χ4v) is 1.97. The fraction of sp³-hybridized carbons (Fsp3) is 0.125. The highest BCUT2D eigenvalue weighted by molar-refractivity contribution is 6.30. The van der Waals surface area contributed by atoms with E-state index in [2.05, 4.69) is 5.32 Å². The Bertz CT molecular complexity index is 776. The summed E-state index contributed by atoms with van der Waals surface area (Å²) in [6, 6.07) is 11.7. The van der Waals surface area contributed by atoms with Gasteiger partial charge in [0.2, 0.25) is 0 Å². The maximum absolute atomic E-state index is 12.1. The van der Waals surface area contributed by atoms with Crippen LogP contribution in [0.25, 0.3) is 0 Å². The monoisotopic (exact) mass is 348 g/mol. The van der Waals surface area contributed by atoms with Gasteiger partial charge in [0, 0.05) is 11.1 Å². The zero-order valence-corrected chi connectivity index (χ0v) is 13.3. The van der Waals surface area contributed by atoms with E-state index in [1.807, 2.05) is 0 Å². The lowest BCUT2D eigenvalue weighted by Gasteiger charge is -2.13. The van der Waals surface area contributed by atoms with E-state index in [0.29, 0.717) is 5.02 Å². The molecule has 0 saturated heterocycles. The molecule has 0 aliphatic rings. The molecule has 24 heavy (non-hydrogen) atoms. The lowest BCUT2D eigenvalue weighted by Crippen LogP contribution is -2.30. The molecule has 2 rings (SSSR count). The number of hydrogen-bond acceptors (Lipinski definition) is 5. The molecule has 0 unspecified atom stereocenters. The quantitative estimate of drug-likeness (QED) is 0.507. The van der Waals surface area contributed by atoms with Crippen molar-refractivity contribution in [2.45, 2.75) is 13.0 Å². The number of para-hydroxylation sites is 2. The van der Waals surface area contributed by atoms with Gasteiger partial charge < -0.3 is 10.1 Å². The third-order valence-corrected chi connectivity index (χ3v) is 3.34. The van der Waals surface area contributed by atoms with E-state index in [1.165, 1.54) is 49.4 Å². The highest BCUT2D eigenvalue weighted by atomic mass is 35.5. The molecule has 124 valence electrons. The van der Waals surface area contributed by atoms with Crippen molar-refractivity contribution < 1.29 is 19.2 Å². The molecule has 1 atom stereocenters. The number of nitro benzene ring substituents is 1. The van der Waals surface area contributed by atoms with E-state index in [1.54, 1.807) is 6.07 Å². The number of carbonyl (C=O) groups excluding carboxylic acids is 2. The molecule has 0 radical (unpaired) electrons. The third-order valence-electron chi connectivity index (χ3n) is 3.09. The highest BCUT2D eigenvalue weighted by Gasteiger charge is 2.22. The van der Waals surface area contributed by atoms with E-state index in [9.17, 15) is 19.7 Å². The number of nitro groups is 1. The van der Waals surface area contributed by atoms with Crippen LogP contribution in [0.5, 0.6) is 0 Å². The van der Waals surface area contributed by atoms with Gasteiger partial charge in [-0.25, -0.2) is 4.79 Å². The number of amides is 1. The average molecular weight is 349 g/mol.